The smallest absolute Gasteiger partial charge is 0.0346 e. The number of nitrogens with one attached hydrogen (secondary N) is 1. The lowest BCUT2D eigenvalue weighted by Gasteiger charge is -2.26. The van der Waals surface area contributed by atoms with Crippen molar-refractivity contribution in [3.8, 4) is 0 Å². The van der Waals surface area contributed by atoms with Gasteiger partial charge in [0.25, 0.3) is 0 Å². The van der Waals surface area contributed by atoms with Gasteiger partial charge in [-0.15, -0.1) is 11.3 Å². The summed E-state index contributed by atoms with van der Waals surface area (Å²) in [6.45, 7) is 6.87. The van der Waals surface area contributed by atoms with Crippen LogP contribution >= 0.6 is 11.3 Å². The van der Waals surface area contributed by atoms with Gasteiger partial charge in [-0.3, -0.25) is 4.90 Å². The van der Waals surface area contributed by atoms with Crippen LogP contribution in [0.2, 0.25) is 0 Å². The monoisotopic (exact) mass is 260 g/mol. The summed E-state index contributed by atoms with van der Waals surface area (Å²) < 4.78 is 1.41. The topological polar surface area (TPSA) is 15.3 Å². The average Bonchev–Trinajstić information content (AvgIpc) is 2.69. The van der Waals surface area contributed by atoms with E-state index in [1.54, 1.807) is 0 Å². The zero-order valence-corrected chi connectivity index (χ0v) is 11.7. The number of hydrogen-bond donors (Lipinski definition) is 1. The molecule has 1 aromatic heterocycles. The molecule has 2 nitrogen and oxygen atoms in total. The molecule has 1 saturated heterocycles. The van der Waals surface area contributed by atoms with Crippen LogP contribution in [-0.2, 0) is 6.54 Å². The first kappa shape index (κ1) is 12.2. The molecule has 1 aliphatic heterocycles. The Labute approximate surface area is 113 Å². The van der Waals surface area contributed by atoms with E-state index in [1.165, 1.54) is 22.1 Å². The van der Waals surface area contributed by atoms with E-state index in [0.717, 1.165) is 26.2 Å². The molecule has 0 radical (unpaired) electrons. The van der Waals surface area contributed by atoms with E-state index in [4.69, 9.17) is 0 Å². The van der Waals surface area contributed by atoms with Crippen molar-refractivity contribution in [2.45, 2.75) is 25.9 Å². The Balaban J connectivity index is 1.82. The van der Waals surface area contributed by atoms with Gasteiger partial charge in [0.05, 0.1) is 0 Å². The van der Waals surface area contributed by atoms with Gasteiger partial charge in [-0.25, -0.2) is 0 Å². The van der Waals surface area contributed by atoms with E-state index in [0.29, 0.717) is 6.04 Å². The lowest BCUT2D eigenvalue weighted by atomic mass is 10.1. The number of hydrogen-bond acceptors (Lipinski definition) is 3. The Kier molecular flexibility index (Phi) is 3.64. The van der Waals surface area contributed by atoms with Crippen molar-refractivity contribution < 1.29 is 0 Å². The van der Waals surface area contributed by atoms with Gasteiger partial charge in [0.1, 0.15) is 0 Å². The summed E-state index contributed by atoms with van der Waals surface area (Å²) in [7, 11) is 0. The second-order valence-corrected chi connectivity index (χ2v) is 6.03. The molecule has 1 atom stereocenters. The van der Waals surface area contributed by atoms with Crippen LogP contribution in [0.3, 0.4) is 0 Å². The van der Waals surface area contributed by atoms with Gasteiger partial charge < -0.3 is 5.32 Å². The second-order valence-electron chi connectivity index (χ2n) is 5.12. The van der Waals surface area contributed by atoms with Crippen LogP contribution in [-0.4, -0.2) is 30.6 Å². The highest BCUT2D eigenvalue weighted by molar-refractivity contribution is 7.17. The Bertz CT molecular complexity index is 520. The molecule has 1 fully saturated rings. The van der Waals surface area contributed by atoms with Crippen molar-refractivity contribution in [1.29, 1.82) is 0 Å². The fraction of sp³-hybridized carbons (Fsp3) is 0.467. The van der Waals surface area contributed by atoms with Crippen LogP contribution in [0, 0.1) is 0 Å². The molecular formula is C15H20N2S. The quantitative estimate of drug-likeness (QED) is 0.892. The predicted molar refractivity (Wildman–Crippen MR) is 79.2 cm³/mol. The van der Waals surface area contributed by atoms with Gasteiger partial charge in [-0.2, -0.15) is 0 Å². The summed E-state index contributed by atoms with van der Waals surface area (Å²) in [5.74, 6) is 0. The molecule has 0 bridgehead atoms. The molecule has 3 rings (SSSR count). The Morgan fingerprint density at radius 1 is 1.33 bits per heavy atom. The third-order valence-electron chi connectivity index (χ3n) is 3.87. The van der Waals surface area contributed by atoms with Gasteiger partial charge in [0, 0.05) is 30.4 Å². The number of thiophene rings is 1. The molecule has 0 saturated carbocycles. The minimum atomic E-state index is 0.679. The average molecular weight is 260 g/mol. The summed E-state index contributed by atoms with van der Waals surface area (Å²) in [6, 6.07) is 9.42. The second kappa shape index (κ2) is 5.39. The first-order valence-electron chi connectivity index (χ1n) is 6.74. The van der Waals surface area contributed by atoms with Gasteiger partial charge >= 0.3 is 0 Å². The molecular weight excluding hydrogens is 240 g/mol. The van der Waals surface area contributed by atoms with Crippen LogP contribution in [0.1, 0.15) is 18.9 Å². The molecule has 96 valence electrons. The normalized spacial score (nSPS) is 22.2. The zero-order valence-electron chi connectivity index (χ0n) is 10.9. The first-order valence-corrected chi connectivity index (χ1v) is 7.62. The van der Waals surface area contributed by atoms with Gasteiger partial charge in [-0.05, 0) is 42.3 Å². The maximum absolute atomic E-state index is 3.49. The largest absolute Gasteiger partial charge is 0.315 e. The summed E-state index contributed by atoms with van der Waals surface area (Å²) in [5, 5.41) is 7.25. The van der Waals surface area contributed by atoms with Crippen LogP contribution in [0.4, 0.5) is 0 Å². The van der Waals surface area contributed by atoms with E-state index in [1.807, 2.05) is 11.3 Å². The van der Waals surface area contributed by atoms with Gasteiger partial charge in [0.2, 0.25) is 0 Å². The molecule has 1 aliphatic rings. The maximum Gasteiger partial charge on any atom is 0.0346 e. The standard InChI is InChI=1S/C15H20N2S/c1-12-6-7-16-8-9-17(12)10-13-11-18-15-5-3-2-4-14(13)15/h2-5,11-12,16H,6-10H2,1H3. The van der Waals surface area contributed by atoms with Gasteiger partial charge in [0.15, 0.2) is 0 Å². The highest BCUT2D eigenvalue weighted by atomic mass is 32.1. The molecule has 1 aromatic carbocycles. The van der Waals surface area contributed by atoms with Crippen molar-refractivity contribution >= 4 is 21.4 Å². The van der Waals surface area contributed by atoms with Crippen molar-refractivity contribution in [2.24, 2.45) is 0 Å². The number of benzene rings is 1. The van der Waals surface area contributed by atoms with Crippen LogP contribution in [0.5, 0.6) is 0 Å². The van der Waals surface area contributed by atoms with Crippen LogP contribution < -0.4 is 5.32 Å². The number of fused-ring (bicyclic) bond motifs is 1. The SMILES string of the molecule is CC1CCNCCN1Cc1csc2ccccc12. The highest BCUT2D eigenvalue weighted by Crippen LogP contribution is 2.27. The van der Waals surface area contributed by atoms with Crippen LogP contribution in [0.25, 0.3) is 10.1 Å². The molecule has 3 heteroatoms. The summed E-state index contributed by atoms with van der Waals surface area (Å²) in [4.78, 5) is 2.61. The summed E-state index contributed by atoms with van der Waals surface area (Å²) in [5.41, 5.74) is 1.49. The lowest BCUT2D eigenvalue weighted by Crippen LogP contribution is -2.33. The first-order chi connectivity index (χ1) is 8.84. The van der Waals surface area contributed by atoms with E-state index in [-0.39, 0.29) is 0 Å². The predicted octanol–water partition coefficient (Wildman–Crippen LogP) is 3.09. The molecule has 1 unspecified atom stereocenters. The van der Waals surface area contributed by atoms with Crippen molar-refractivity contribution in [2.75, 3.05) is 19.6 Å². The van der Waals surface area contributed by atoms with E-state index < -0.39 is 0 Å². The van der Waals surface area contributed by atoms with Gasteiger partial charge in [-0.1, -0.05) is 18.2 Å². The Morgan fingerprint density at radius 2 is 2.22 bits per heavy atom. The van der Waals surface area contributed by atoms with Crippen molar-refractivity contribution in [3.63, 3.8) is 0 Å². The molecule has 2 heterocycles. The zero-order chi connectivity index (χ0) is 12.4. The molecule has 18 heavy (non-hydrogen) atoms. The third kappa shape index (κ3) is 2.44. The lowest BCUT2D eigenvalue weighted by molar-refractivity contribution is 0.212. The number of rotatable bonds is 2. The summed E-state index contributed by atoms with van der Waals surface area (Å²) in [6.07, 6.45) is 1.25. The highest BCUT2D eigenvalue weighted by Gasteiger charge is 2.17. The summed E-state index contributed by atoms with van der Waals surface area (Å²) >= 11 is 1.87. The van der Waals surface area contributed by atoms with Crippen LogP contribution in [0.15, 0.2) is 29.6 Å². The third-order valence-corrected chi connectivity index (χ3v) is 4.88. The Hall–Kier alpha value is -0.900. The molecule has 2 aromatic rings. The molecule has 0 aliphatic carbocycles. The minimum Gasteiger partial charge on any atom is -0.315 e. The van der Waals surface area contributed by atoms with E-state index >= 15 is 0 Å². The minimum absolute atomic E-state index is 0.679. The maximum atomic E-state index is 3.49. The Morgan fingerprint density at radius 3 is 3.17 bits per heavy atom. The molecule has 0 amide bonds. The molecule has 1 N–H and O–H groups in total. The number of nitrogens with zero attached hydrogens (tertiary/aromatic N) is 1. The van der Waals surface area contributed by atoms with Crippen molar-refractivity contribution in [3.05, 3.63) is 35.2 Å². The van der Waals surface area contributed by atoms with Crippen molar-refractivity contribution in [1.82, 2.24) is 10.2 Å². The molecule has 0 spiro atoms. The fourth-order valence-electron chi connectivity index (χ4n) is 2.67. The van der Waals surface area contributed by atoms with E-state index in [9.17, 15) is 0 Å². The fourth-order valence-corrected chi connectivity index (χ4v) is 3.62. The van der Waals surface area contributed by atoms with E-state index in [2.05, 4.69) is 46.8 Å².